The van der Waals surface area contributed by atoms with Crippen LogP contribution in [0.3, 0.4) is 0 Å². The van der Waals surface area contributed by atoms with Crippen LogP contribution in [0, 0.1) is 0 Å². The first kappa shape index (κ1) is 23.1. The van der Waals surface area contributed by atoms with Crippen LogP contribution in [0.5, 0.6) is 0 Å². The van der Waals surface area contributed by atoms with Crippen LogP contribution in [-0.2, 0) is 9.59 Å². The Morgan fingerprint density at radius 1 is 1.11 bits per heavy atom. The van der Waals surface area contributed by atoms with Crippen LogP contribution in [-0.4, -0.2) is 71.5 Å². The van der Waals surface area contributed by atoms with Crippen molar-refractivity contribution in [2.24, 2.45) is 0 Å². The molecule has 1 saturated heterocycles. The van der Waals surface area contributed by atoms with Crippen LogP contribution >= 0.6 is 0 Å². The largest absolute Gasteiger partial charge is 0.355 e. The molecular weight excluding hydrogens is 356 g/mol. The van der Waals surface area contributed by atoms with E-state index in [-0.39, 0.29) is 5.91 Å². The average molecular weight is 386 g/mol. The molecule has 0 unspecified atom stereocenters. The molecule has 1 aliphatic rings. The van der Waals surface area contributed by atoms with Crippen molar-refractivity contribution < 1.29 is 14.8 Å². The zero-order valence-electron chi connectivity index (χ0n) is 16.7. The molecule has 1 aliphatic heterocycles. The summed E-state index contributed by atoms with van der Waals surface area (Å²) in [5.41, 5.74) is 2.59. The number of carbonyl (C=O) groups excluding carboxylic acids is 2. The van der Waals surface area contributed by atoms with Gasteiger partial charge in [0.25, 0.3) is 5.91 Å². The van der Waals surface area contributed by atoms with E-state index in [1.165, 1.54) is 11.6 Å². The number of rotatable bonds is 9. The van der Waals surface area contributed by atoms with E-state index in [2.05, 4.69) is 23.0 Å². The fourth-order valence-electron chi connectivity index (χ4n) is 2.70. The van der Waals surface area contributed by atoms with Gasteiger partial charge in [0, 0.05) is 52.8 Å². The average Bonchev–Trinajstić information content (AvgIpc) is 2.70. The molecule has 2 N–H and O–H groups in total. The summed E-state index contributed by atoms with van der Waals surface area (Å²) in [5.74, 6) is 0.281. The number of hydrogen-bond acceptors (Lipinski definition) is 5. The molecule has 7 heteroatoms. The highest BCUT2D eigenvalue weighted by atomic mass is 16.5. The molecular formula is C21H30N4O3. The van der Waals surface area contributed by atoms with E-state index < -0.39 is 5.91 Å². The van der Waals surface area contributed by atoms with E-state index >= 15 is 0 Å². The quantitative estimate of drug-likeness (QED) is 0.274. The predicted molar refractivity (Wildman–Crippen MR) is 111 cm³/mol. The summed E-state index contributed by atoms with van der Waals surface area (Å²) < 4.78 is 0. The highest BCUT2D eigenvalue weighted by molar-refractivity contribution is 5.86. The molecule has 0 aromatic rings. The summed E-state index contributed by atoms with van der Waals surface area (Å²) >= 11 is 0. The molecule has 0 radical (unpaired) electrons. The zero-order chi connectivity index (χ0) is 20.9. The first-order valence-corrected chi connectivity index (χ1v) is 9.07. The summed E-state index contributed by atoms with van der Waals surface area (Å²) in [5, 5.41) is 8.40. The molecule has 2 amide bonds. The van der Waals surface area contributed by atoms with Crippen molar-refractivity contribution in [2.75, 3.05) is 39.8 Å². The van der Waals surface area contributed by atoms with Crippen molar-refractivity contribution in [1.82, 2.24) is 20.2 Å². The highest BCUT2D eigenvalue weighted by Crippen LogP contribution is 2.14. The number of carbonyl (C=O) groups is 2. The van der Waals surface area contributed by atoms with Crippen LogP contribution < -0.4 is 5.48 Å². The maximum atomic E-state index is 11.7. The molecule has 0 saturated carbocycles. The number of nitrogens with zero attached hydrogens (tertiary/aromatic N) is 3. The summed E-state index contributed by atoms with van der Waals surface area (Å²) in [4.78, 5) is 28.7. The second kappa shape index (κ2) is 12.5. The lowest BCUT2D eigenvalue weighted by Gasteiger charge is -2.39. The van der Waals surface area contributed by atoms with Crippen LogP contribution in [0.1, 0.15) is 6.92 Å². The van der Waals surface area contributed by atoms with E-state index in [4.69, 9.17) is 5.21 Å². The lowest BCUT2D eigenvalue weighted by molar-refractivity contribution is -0.127. The van der Waals surface area contributed by atoms with E-state index in [0.29, 0.717) is 0 Å². The summed E-state index contributed by atoms with van der Waals surface area (Å²) in [6.07, 6.45) is 13.6. The summed E-state index contributed by atoms with van der Waals surface area (Å²) in [7, 11) is 1.77. The third-order valence-electron chi connectivity index (χ3n) is 4.34. The van der Waals surface area contributed by atoms with Crippen LogP contribution in [0.4, 0.5) is 0 Å². The third kappa shape index (κ3) is 7.77. The predicted octanol–water partition coefficient (Wildman–Crippen LogP) is 1.84. The Morgan fingerprint density at radius 3 is 2.32 bits per heavy atom. The van der Waals surface area contributed by atoms with Gasteiger partial charge in [-0.2, -0.15) is 0 Å². The summed E-state index contributed by atoms with van der Waals surface area (Å²) in [6.45, 7) is 13.3. The van der Waals surface area contributed by atoms with E-state index in [0.717, 1.165) is 44.1 Å². The second-order valence-electron chi connectivity index (χ2n) is 6.27. The third-order valence-corrected chi connectivity index (χ3v) is 4.34. The molecule has 0 atom stereocenters. The maximum Gasteiger partial charge on any atom is 0.267 e. The minimum Gasteiger partial charge on any atom is -0.355 e. The van der Waals surface area contributed by atoms with Crippen molar-refractivity contribution in [1.29, 1.82) is 0 Å². The molecule has 1 rings (SSSR count). The molecule has 0 aromatic carbocycles. The number of allylic oxidation sites excluding steroid dienone is 6. The molecule has 152 valence electrons. The van der Waals surface area contributed by atoms with Crippen LogP contribution in [0.25, 0.3) is 0 Å². The standard InChI is InChI=1S/C21H30N4O3/c1-5-10-21(23(4)18(3)26)25-15-13-24(14-16-25)17-19(6-2)11-8-7-9-12-20(27)22-28/h5-12,28H,1-2,13-17H2,3-4H3,(H,22,27)/b8-7+,12-9+,19-11+,21-10+. The Hall–Kier alpha value is -2.90. The molecule has 0 bridgehead atoms. The van der Waals surface area contributed by atoms with Crippen molar-refractivity contribution >= 4 is 11.8 Å². The van der Waals surface area contributed by atoms with Crippen molar-refractivity contribution in [2.45, 2.75) is 6.92 Å². The molecule has 0 aliphatic carbocycles. The number of nitrogens with one attached hydrogen (secondary N) is 1. The Balaban J connectivity index is 2.62. The van der Waals surface area contributed by atoms with Gasteiger partial charge in [0.05, 0.1) is 0 Å². The smallest absolute Gasteiger partial charge is 0.267 e. The number of amides is 2. The number of piperazine rings is 1. The fraction of sp³-hybridized carbons (Fsp3) is 0.333. The second-order valence-corrected chi connectivity index (χ2v) is 6.27. The zero-order valence-corrected chi connectivity index (χ0v) is 16.7. The Kier molecular flexibility index (Phi) is 10.3. The molecule has 0 spiro atoms. The highest BCUT2D eigenvalue weighted by Gasteiger charge is 2.22. The van der Waals surface area contributed by atoms with Crippen molar-refractivity contribution in [3.05, 3.63) is 73.2 Å². The molecule has 0 aromatic heterocycles. The van der Waals surface area contributed by atoms with Gasteiger partial charge in [-0.15, -0.1) is 0 Å². The van der Waals surface area contributed by atoms with Gasteiger partial charge in [0.15, 0.2) is 0 Å². The summed E-state index contributed by atoms with van der Waals surface area (Å²) in [6, 6.07) is 0. The van der Waals surface area contributed by atoms with E-state index in [9.17, 15) is 9.59 Å². The SMILES string of the molecule is C=C/C=C(/N1CCN(C/C(C=C)=C/C=C/C=C/C(=O)NO)CC1)N(C)C(C)=O. The van der Waals surface area contributed by atoms with Crippen molar-refractivity contribution in [3.63, 3.8) is 0 Å². The first-order chi connectivity index (χ1) is 13.4. The van der Waals surface area contributed by atoms with Gasteiger partial charge in [-0.1, -0.05) is 49.6 Å². The van der Waals surface area contributed by atoms with Gasteiger partial charge in [0.1, 0.15) is 5.82 Å². The monoisotopic (exact) mass is 386 g/mol. The Bertz CT molecular complexity index is 684. The topological polar surface area (TPSA) is 76.1 Å². The van der Waals surface area contributed by atoms with Gasteiger partial charge in [-0.05, 0) is 11.6 Å². The van der Waals surface area contributed by atoms with Crippen molar-refractivity contribution in [3.8, 4) is 0 Å². The number of hydrogen-bond donors (Lipinski definition) is 2. The first-order valence-electron chi connectivity index (χ1n) is 9.07. The number of hydroxylamine groups is 1. The minimum absolute atomic E-state index is 0.00952. The normalized spacial score (nSPS) is 16.5. The van der Waals surface area contributed by atoms with Gasteiger partial charge in [0.2, 0.25) is 5.91 Å². The molecule has 1 fully saturated rings. The fourth-order valence-corrected chi connectivity index (χ4v) is 2.70. The Morgan fingerprint density at radius 2 is 1.79 bits per heavy atom. The van der Waals surface area contributed by atoms with E-state index in [1.54, 1.807) is 37.1 Å². The molecule has 7 nitrogen and oxygen atoms in total. The van der Waals surface area contributed by atoms with E-state index in [1.807, 2.05) is 24.3 Å². The minimum atomic E-state index is -0.573. The lowest BCUT2D eigenvalue weighted by atomic mass is 10.2. The molecule has 1 heterocycles. The van der Waals surface area contributed by atoms with Gasteiger partial charge < -0.3 is 9.80 Å². The van der Waals surface area contributed by atoms with Gasteiger partial charge in [-0.25, -0.2) is 5.48 Å². The van der Waals surface area contributed by atoms with Crippen LogP contribution in [0.2, 0.25) is 0 Å². The van der Waals surface area contributed by atoms with Crippen LogP contribution in [0.15, 0.2) is 73.2 Å². The van der Waals surface area contributed by atoms with Gasteiger partial charge in [-0.3, -0.25) is 19.7 Å². The molecule has 28 heavy (non-hydrogen) atoms. The van der Waals surface area contributed by atoms with Gasteiger partial charge >= 0.3 is 0 Å². The Labute approximate surface area is 167 Å². The maximum absolute atomic E-state index is 11.7. The lowest BCUT2D eigenvalue weighted by Crippen LogP contribution is -2.49.